The van der Waals surface area contributed by atoms with Gasteiger partial charge in [-0.05, 0) is 43.2 Å². The molecule has 1 unspecified atom stereocenters. The standard InChI is InChI=1S/C14H16ClN3O2S/c1-9-6-12(8-17-14(9)15)18-10(2)11-4-3-5-13(7-11)21(16,19)20/h3-8,10,18H,1-2H3,(H2,16,19,20). The Hall–Kier alpha value is -1.63. The topological polar surface area (TPSA) is 85.1 Å². The van der Waals surface area contributed by atoms with Gasteiger partial charge in [0.15, 0.2) is 0 Å². The van der Waals surface area contributed by atoms with E-state index in [1.165, 1.54) is 6.07 Å². The number of pyridine rings is 1. The molecular weight excluding hydrogens is 310 g/mol. The smallest absolute Gasteiger partial charge is 0.238 e. The van der Waals surface area contributed by atoms with Crippen molar-refractivity contribution in [2.24, 2.45) is 5.14 Å². The first-order chi connectivity index (χ1) is 9.77. The highest BCUT2D eigenvalue weighted by Crippen LogP contribution is 2.23. The molecule has 0 aliphatic heterocycles. The van der Waals surface area contributed by atoms with E-state index in [9.17, 15) is 8.42 Å². The average Bonchev–Trinajstić information content (AvgIpc) is 2.42. The third-order valence-corrected chi connectivity index (χ3v) is 4.39. The second-order valence-corrected chi connectivity index (χ2v) is 6.73. The molecule has 0 spiro atoms. The summed E-state index contributed by atoms with van der Waals surface area (Å²) in [6.45, 7) is 3.79. The Balaban J connectivity index is 2.24. The molecule has 1 aromatic carbocycles. The third-order valence-electron chi connectivity index (χ3n) is 3.08. The normalized spacial score (nSPS) is 13.0. The van der Waals surface area contributed by atoms with Crippen LogP contribution in [0.1, 0.15) is 24.1 Å². The lowest BCUT2D eigenvalue weighted by molar-refractivity contribution is 0.597. The van der Waals surface area contributed by atoms with Crippen molar-refractivity contribution < 1.29 is 8.42 Å². The average molecular weight is 326 g/mol. The van der Waals surface area contributed by atoms with Crippen molar-refractivity contribution in [3.05, 3.63) is 52.8 Å². The van der Waals surface area contributed by atoms with Crippen LogP contribution in [0.25, 0.3) is 0 Å². The number of nitrogens with one attached hydrogen (secondary N) is 1. The van der Waals surface area contributed by atoms with Crippen molar-refractivity contribution in [1.29, 1.82) is 0 Å². The Labute approximate surface area is 129 Å². The number of anilines is 1. The van der Waals surface area contributed by atoms with E-state index < -0.39 is 10.0 Å². The maximum atomic E-state index is 11.4. The lowest BCUT2D eigenvalue weighted by atomic mass is 10.1. The Morgan fingerprint density at radius 2 is 2.05 bits per heavy atom. The minimum absolute atomic E-state index is 0.0964. The van der Waals surface area contributed by atoms with E-state index in [2.05, 4.69) is 10.3 Å². The van der Waals surface area contributed by atoms with Crippen molar-refractivity contribution in [2.45, 2.75) is 24.8 Å². The lowest BCUT2D eigenvalue weighted by Crippen LogP contribution is -2.13. The van der Waals surface area contributed by atoms with Gasteiger partial charge in [0.05, 0.1) is 16.8 Å². The van der Waals surface area contributed by atoms with E-state index in [4.69, 9.17) is 16.7 Å². The Bertz CT molecular complexity index is 763. The molecule has 7 heteroatoms. The summed E-state index contributed by atoms with van der Waals surface area (Å²) in [5.41, 5.74) is 2.49. The van der Waals surface area contributed by atoms with Gasteiger partial charge in [0.25, 0.3) is 0 Å². The zero-order valence-corrected chi connectivity index (χ0v) is 13.2. The van der Waals surface area contributed by atoms with Crippen molar-refractivity contribution in [3.63, 3.8) is 0 Å². The summed E-state index contributed by atoms with van der Waals surface area (Å²) in [5.74, 6) is 0. The minimum Gasteiger partial charge on any atom is -0.377 e. The summed E-state index contributed by atoms with van der Waals surface area (Å²) in [6, 6.07) is 8.31. The molecule has 1 aromatic heterocycles. The fraction of sp³-hybridized carbons (Fsp3) is 0.214. The largest absolute Gasteiger partial charge is 0.377 e. The van der Waals surface area contributed by atoms with Gasteiger partial charge in [-0.25, -0.2) is 18.5 Å². The van der Waals surface area contributed by atoms with E-state index in [1.807, 2.05) is 26.0 Å². The molecule has 3 N–H and O–H groups in total. The van der Waals surface area contributed by atoms with Gasteiger partial charge in [-0.15, -0.1) is 0 Å². The first-order valence-corrected chi connectivity index (χ1v) is 8.21. The summed E-state index contributed by atoms with van der Waals surface area (Å²) in [5, 5.41) is 8.85. The fourth-order valence-corrected chi connectivity index (χ4v) is 2.60. The van der Waals surface area contributed by atoms with E-state index >= 15 is 0 Å². The zero-order valence-electron chi connectivity index (χ0n) is 11.7. The van der Waals surface area contributed by atoms with Crippen molar-refractivity contribution in [1.82, 2.24) is 4.98 Å². The highest BCUT2D eigenvalue weighted by Gasteiger charge is 2.12. The number of aryl methyl sites for hydroxylation is 1. The highest BCUT2D eigenvalue weighted by molar-refractivity contribution is 7.89. The molecule has 2 aromatic rings. The number of primary sulfonamides is 1. The van der Waals surface area contributed by atoms with E-state index in [1.54, 1.807) is 18.3 Å². The quantitative estimate of drug-likeness (QED) is 0.846. The SMILES string of the molecule is Cc1cc(NC(C)c2cccc(S(N)(=O)=O)c2)cnc1Cl. The van der Waals surface area contributed by atoms with Crippen LogP contribution >= 0.6 is 11.6 Å². The second kappa shape index (κ2) is 6.01. The van der Waals surface area contributed by atoms with Crippen LogP contribution in [-0.4, -0.2) is 13.4 Å². The van der Waals surface area contributed by atoms with Crippen LogP contribution in [0.15, 0.2) is 41.4 Å². The predicted molar refractivity (Wildman–Crippen MR) is 83.8 cm³/mol. The lowest BCUT2D eigenvalue weighted by Gasteiger charge is -2.16. The van der Waals surface area contributed by atoms with Gasteiger partial charge in [0.2, 0.25) is 10.0 Å². The van der Waals surface area contributed by atoms with Crippen LogP contribution < -0.4 is 10.5 Å². The van der Waals surface area contributed by atoms with Gasteiger partial charge in [0.1, 0.15) is 5.15 Å². The van der Waals surface area contributed by atoms with Crippen molar-refractivity contribution in [2.75, 3.05) is 5.32 Å². The highest BCUT2D eigenvalue weighted by atomic mass is 35.5. The van der Waals surface area contributed by atoms with Crippen LogP contribution in [0.3, 0.4) is 0 Å². The maximum Gasteiger partial charge on any atom is 0.238 e. The molecule has 1 atom stereocenters. The van der Waals surface area contributed by atoms with Crippen molar-refractivity contribution >= 4 is 27.3 Å². The molecule has 5 nitrogen and oxygen atoms in total. The fourth-order valence-electron chi connectivity index (χ4n) is 1.93. The summed E-state index contributed by atoms with van der Waals surface area (Å²) < 4.78 is 22.8. The number of benzene rings is 1. The van der Waals surface area contributed by atoms with Crippen LogP contribution in [-0.2, 0) is 10.0 Å². The summed E-state index contributed by atoms with van der Waals surface area (Å²) in [7, 11) is -3.70. The van der Waals surface area contributed by atoms with E-state index in [0.29, 0.717) is 5.15 Å². The van der Waals surface area contributed by atoms with Gasteiger partial charge in [-0.2, -0.15) is 0 Å². The number of hydrogen-bond acceptors (Lipinski definition) is 4. The van der Waals surface area contributed by atoms with Gasteiger partial charge in [-0.1, -0.05) is 23.7 Å². The first kappa shape index (κ1) is 15.8. The Morgan fingerprint density at radius 3 is 2.67 bits per heavy atom. The molecule has 1 heterocycles. The number of halogens is 1. The Morgan fingerprint density at radius 1 is 1.33 bits per heavy atom. The minimum atomic E-state index is -3.70. The number of hydrogen-bond donors (Lipinski definition) is 2. The zero-order chi connectivity index (χ0) is 15.6. The van der Waals surface area contributed by atoms with Gasteiger partial charge < -0.3 is 5.32 Å². The third kappa shape index (κ3) is 3.93. The van der Waals surface area contributed by atoms with Crippen LogP contribution in [0.5, 0.6) is 0 Å². The molecule has 0 saturated heterocycles. The molecule has 0 fully saturated rings. The van der Waals surface area contributed by atoms with Gasteiger partial charge >= 0.3 is 0 Å². The molecule has 0 aliphatic rings. The summed E-state index contributed by atoms with van der Waals surface area (Å²) >= 11 is 5.89. The van der Waals surface area contributed by atoms with E-state index in [0.717, 1.165) is 16.8 Å². The Kier molecular flexibility index (Phi) is 4.51. The van der Waals surface area contributed by atoms with Crippen LogP contribution in [0, 0.1) is 6.92 Å². The van der Waals surface area contributed by atoms with Crippen LogP contribution in [0.2, 0.25) is 5.15 Å². The number of aromatic nitrogens is 1. The molecular formula is C14H16ClN3O2S. The number of nitrogens with two attached hydrogens (primary N) is 1. The molecule has 0 aliphatic carbocycles. The number of nitrogens with zero attached hydrogens (tertiary/aromatic N) is 1. The summed E-state index contributed by atoms with van der Waals surface area (Å²) in [6.07, 6.45) is 1.63. The molecule has 0 saturated carbocycles. The molecule has 0 radical (unpaired) electrons. The molecule has 112 valence electrons. The van der Waals surface area contributed by atoms with Gasteiger partial charge in [-0.3, -0.25) is 0 Å². The second-order valence-electron chi connectivity index (χ2n) is 4.82. The van der Waals surface area contributed by atoms with Crippen LogP contribution in [0.4, 0.5) is 5.69 Å². The molecule has 0 amide bonds. The molecule has 21 heavy (non-hydrogen) atoms. The maximum absolute atomic E-state index is 11.4. The summed E-state index contributed by atoms with van der Waals surface area (Å²) in [4.78, 5) is 4.17. The van der Waals surface area contributed by atoms with Gasteiger partial charge in [0, 0.05) is 6.04 Å². The number of sulfonamides is 1. The first-order valence-electron chi connectivity index (χ1n) is 6.29. The van der Waals surface area contributed by atoms with E-state index in [-0.39, 0.29) is 10.9 Å². The monoisotopic (exact) mass is 325 g/mol. The van der Waals surface area contributed by atoms with Crippen molar-refractivity contribution in [3.8, 4) is 0 Å². The molecule has 2 rings (SSSR count). The predicted octanol–water partition coefficient (Wildman–Crippen LogP) is 2.86. The molecule has 0 bridgehead atoms. The number of rotatable bonds is 4.